The maximum Gasteiger partial charge on any atom is 0.339 e. The van der Waals surface area contributed by atoms with Gasteiger partial charge in [0.15, 0.2) is 4.34 Å². The van der Waals surface area contributed by atoms with E-state index in [1.165, 1.54) is 23.1 Å². The molecule has 7 nitrogen and oxygen atoms in total. The van der Waals surface area contributed by atoms with Gasteiger partial charge in [-0.05, 0) is 31.2 Å². The Kier molecular flexibility index (Phi) is 5.73. The van der Waals surface area contributed by atoms with Crippen molar-refractivity contribution >= 4 is 41.0 Å². The molecule has 1 heterocycles. The minimum Gasteiger partial charge on any atom is -0.497 e. The zero-order valence-electron chi connectivity index (χ0n) is 12.1. The van der Waals surface area contributed by atoms with Gasteiger partial charge in [-0.1, -0.05) is 23.1 Å². The maximum absolute atomic E-state index is 11.5. The van der Waals surface area contributed by atoms with Gasteiger partial charge in [-0.25, -0.2) is 4.79 Å². The Labute approximate surface area is 136 Å². The zero-order chi connectivity index (χ0) is 15.9. The third-order valence-corrected chi connectivity index (χ3v) is 4.39. The summed E-state index contributed by atoms with van der Waals surface area (Å²) in [6.45, 7) is 1.90. The summed E-state index contributed by atoms with van der Waals surface area (Å²) in [7, 11) is 1.57. The number of urea groups is 1. The number of hydrogen-bond donors (Lipinski definition) is 1. The van der Waals surface area contributed by atoms with Crippen LogP contribution in [0, 0.1) is 6.92 Å². The Morgan fingerprint density at radius 3 is 2.73 bits per heavy atom. The highest BCUT2D eigenvalue weighted by Crippen LogP contribution is 2.22. The molecule has 0 bridgehead atoms. The standard InChI is InChI=1S/C13H15N5O2S2/c1-9-16-17-13(22-9)21-8-7-15-18(12(14)19)10-3-5-11(20-2)6-4-10/h3-7H,8H2,1-2H3,(H2,14,19). The Balaban J connectivity index is 1.98. The number of carbonyl (C=O) groups excluding carboxylic acids is 1. The minimum atomic E-state index is -0.654. The van der Waals surface area contributed by atoms with Crippen molar-refractivity contribution in [2.45, 2.75) is 11.3 Å². The number of aryl methyl sites for hydroxylation is 1. The first-order valence-corrected chi connectivity index (χ1v) is 8.09. The number of rotatable bonds is 6. The van der Waals surface area contributed by atoms with Gasteiger partial charge in [0.05, 0.1) is 12.8 Å². The molecule has 0 aliphatic heterocycles. The first-order chi connectivity index (χ1) is 10.6. The summed E-state index contributed by atoms with van der Waals surface area (Å²) in [6, 6.07) is 6.24. The van der Waals surface area contributed by atoms with Crippen molar-refractivity contribution in [3.63, 3.8) is 0 Å². The average molecular weight is 337 g/mol. The first-order valence-electron chi connectivity index (χ1n) is 6.29. The Bertz CT molecular complexity index is 657. The number of ether oxygens (including phenoxy) is 1. The lowest BCUT2D eigenvalue weighted by Gasteiger charge is -2.14. The fourth-order valence-electron chi connectivity index (χ4n) is 1.53. The third kappa shape index (κ3) is 4.43. The van der Waals surface area contributed by atoms with E-state index in [0.717, 1.165) is 14.4 Å². The van der Waals surface area contributed by atoms with Gasteiger partial charge >= 0.3 is 6.03 Å². The van der Waals surface area contributed by atoms with Crippen LogP contribution in [0.3, 0.4) is 0 Å². The lowest BCUT2D eigenvalue weighted by Crippen LogP contribution is -2.31. The fourth-order valence-corrected chi connectivity index (χ4v) is 3.13. The molecule has 2 N–H and O–H groups in total. The molecule has 2 aromatic rings. The molecular formula is C13H15N5O2S2. The largest absolute Gasteiger partial charge is 0.497 e. The molecule has 2 rings (SSSR count). The van der Waals surface area contributed by atoms with E-state index >= 15 is 0 Å². The number of hydrazone groups is 1. The molecule has 0 spiro atoms. The predicted octanol–water partition coefficient (Wildman–Crippen LogP) is 2.52. The Hall–Kier alpha value is -2.13. The number of anilines is 1. The number of nitrogens with two attached hydrogens (primary N) is 1. The summed E-state index contributed by atoms with van der Waals surface area (Å²) in [5.41, 5.74) is 5.92. The summed E-state index contributed by atoms with van der Waals surface area (Å²) in [6.07, 6.45) is 1.61. The van der Waals surface area contributed by atoms with Crippen molar-refractivity contribution in [1.29, 1.82) is 0 Å². The summed E-state index contributed by atoms with van der Waals surface area (Å²) in [5.74, 6) is 1.26. The smallest absolute Gasteiger partial charge is 0.339 e. The molecule has 0 aliphatic rings. The topological polar surface area (TPSA) is 93.7 Å². The Morgan fingerprint density at radius 1 is 1.45 bits per heavy atom. The molecule has 116 valence electrons. The van der Waals surface area contributed by atoms with Crippen LogP contribution >= 0.6 is 23.1 Å². The van der Waals surface area contributed by atoms with Crippen LogP contribution < -0.4 is 15.5 Å². The highest BCUT2D eigenvalue weighted by atomic mass is 32.2. The molecule has 1 aromatic carbocycles. The molecule has 9 heteroatoms. The monoisotopic (exact) mass is 337 g/mol. The molecule has 0 unspecified atom stereocenters. The number of nitrogens with zero attached hydrogens (tertiary/aromatic N) is 4. The first kappa shape index (κ1) is 16.2. The highest BCUT2D eigenvalue weighted by molar-refractivity contribution is 8.01. The number of hydrogen-bond acceptors (Lipinski definition) is 7. The van der Waals surface area contributed by atoms with E-state index in [9.17, 15) is 4.79 Å². The Morgan fingerprint density at radius 2 is 2.18 bits per heavy atom. The van der Waals surface area contributed by atoms with Crippen molar-refractivity contribution in [1.82, 2.24) is 10.2 Å². The van der Waals surface area contributed by atoms with Crippen LogP contribution in [0.2, 0.25) is 0 Å². The maximum atomic E-state index is 11.5. The van der Waals surface area contributed by atoms with Crippen LogP contribution in [0.5, 0.6) is 5.75 Å². The van der Waals surface area contributed by atoms with Gasteiger partial charge in [0.25, 0.3) is 0 Å². The summed E-state index contributed by atoms with van der Waals surface area (Å²) >= 11 is 3.01. The summed E-state index contributed by atoms with van der Waals surface area (Å²) in [4.78, 5) is 11.5. The van der Waals surface area contributed by atoms with Gasteiger partial charge in [-0.2, -0.15) is 10.1 Å². The lowest BCUT2D eigenvalue weighted by molar-refractivity contribution is 0.254. The highest BCUT2D eigenvalue weighted by Gasteiger charge is 2.10. The molecule has 0 radical (unpaired) electrons. The second kappa shape index (κ2) is 7.76. The number of primary amides is 1. The van der Waals surface area contributed by atoms with Gasteiger partial charge < -0.3 is 10.5 Å². The normalized spacial score (nSPS) is 10.8. The average Bonchev–Trinajstić information content (AvgIpc) is 2.92. The van der Waals surface area contributed by atoms with Gasteiger partial charge in [-0.15, -0.1) is 10.2 Å². The van der Waals surface area contributed by atoms with Gasteiger partial charge in [-0.3, -0.25) is 0 Å². The molecule has 0 saturated heterocycles. The number of amides is 2. The van der Waals surface area contributed by atoms with E-state index in [2.05, 4.69) is 15.3 Å². The summed E-state index contributed by atoms with van der Waals surface area (Å²) < 4.78 is 5.93. The lowest BCUT2D eigenvalue weighted by atomic mass is 10.3. The van der Waals surface area contributed by atoms with Crippen LogP contribution in [-0.4, -0.2) is 35.3 Å². The van der Waals surface area contributed by atoms with E-state index in [-0.39, 0.29) is 0 Å². The molecule has 0 atom stereocenters. The number of benzene rings is 1. The number of methoxy groups -OCH3 is 1. The molecule has 22 heavy (non-hydrogen) atoms. The predicted molar refractivity (Wildman–Crippen MR) is 88.9 cm³/mol. The van der Waals surface area contributed by atoms with E-state index in [1.54, 1.807) is 37.6 Å². The van der Waals surface area contributed by atoms with E-state index in [1.807, 2.05) is 6.92 Å². The van der Waals surface area contributed by atoms with Crippen molar-refractivity contribution < 1.29 is 9.53 Å². The van der Waals surface area contributed by atoms with E-state index in [0.29, 0.717) is 17.2 Å². The fraction of sp³-hybridized carbons (Fsp3) is 0.231. The molecule has 2 amide bonds. The van der Waals surface area contributed by atoms with Crippen LogP contribution in [-0.2, 0) is 0 Å². The SMILES string of the molecule is COc1ccc(N(N=CCSc2nnc(C)s2)C(N)=O)cc1. The molecule has 0 saturated carbocycles. The number of carbonyl (C=O) groups is 1. The van der Waals surface area contributed by atoms with Crippen molar-refractivity contribution in [3.8, 4) is 5.75 Å². The van der Waals surface area contributed by atoms with E-state index < -0.39 is 6.03 Å². The number of thioether (sulfide) groups is 1. The van der Waals surface area contributed by atoms with Crippen molar-refractivity contribution in [2.75, 3.05) is 17.9 Å². The molecular weight excluding hydrogens is 322 g/mol. The zero-order valence-corrected chi connectivity index (χ0v) is 13.7. The summed E-state index contributed by atoms with van der Waals surface area (Å²) in [5, 5.41) is 14.1. The minimum absolute atomic E-state index is 0.564. The quantitative estimate of drug-likeness (QED) is 0.496. The third-order valence-electron chi connectivity index (χ3n) is 2.51. The van der Waals surface area contributed by atoms with E-state index in [4.69, 9.17) is 10.5 Å². The number of aromatic nitrogens is 2. The van der Waals surface area contributed by atoms with Gasteiger partial charge in [0.2, 0.25) is 0 Å². The van der Waals surface area contributed by atoms with Crippen LogP contribution in [0.15, 0.2) is 33.7 Å². The van der Waals surface area contributed by atoms with Crippen molar-refractivity contribution in [2.24, 2.45) is 10.8 Å². The molecule has 1 aromatic heterocycles. The second-order valence-corrected chi connectivity index (χ2v) is 6.49. The van der Waals surface area contributed by atoms with Gasteiger partial charge in [0, 0.05) is 12.0 Å². The van der Waals surface area contributed by atoms with Crippen LogP contribution in [0.4, 0.5) is 10.5 Å². The molecule has 0 fully saturated rings. The van der Waals surface area contributed by atoms with Gasteiger partial charge in [0.1, 0.15) is 10.8 Å². The van der Waals surface area contributed by atoms with Crippen molar-refractivity contribution in [3.05, 3.63) is 29.3 Å². The molecule has 0 aliphatic carbocycles. The van der Waals surface area contributed by atoms with Crippen LogP contribution in [0.25, 0.3) is 0 Å². The second-order valence-electron chi connectivity index (χ2n) is 4.04. The van der Waals surface area contributed by atoms with Crippen LogP contribution in [0.1, 0.15) is 5.01 Å².